The number of hydrogen-bond donors (Lipinski definition) is 2. The molecule has 0 spiro atoms. The Bertz CT molecular complexity index is 104. The van der Waals surface area contributed by atoms with Gasteiger partial charge in [0, 0.05) is 0 Å². The molecule has 0 heterocycles. The van der Waals surface area contributed by atoms with Crippen LogP contribution in [-0.4, -0.2) is 22.4 Å². The third kappa shape index (κ3) is 1.70. The van der Waals surface area contributed by atoms with Gasteiger partial charge in [-0.2, -0.15) is 0 Å². The molecule has 1 rings (SSSR count). The van der Waals surface area contributed by atoms with Gasteiger partial charge < -0.3 is 10.2 Å². The molecule has 0 aromatic heterocycles. The lowest BCUT2D eigenvalue weighted by Crippen LogP contribution is -2.37. The fraction of sp³-hybridized carbons (Fsp3) is 1.00. The molecule has 1 fully saturated rings. The molecule has 2 N–H and O–H groups in total. The van der Waals surface area contributed by atoms with Crippen LogP contribution in [0.15, 0.2) is 0 Å². The summed E-state index contributed by atoms with van der Waals surface area (Å²) in [6.07, 6.45) is 3.64. The number of aliphatic hydroxyl groups is 2. The van der Waals surface area contributed by atoms with Gasteiger partial charge in [0.15, 0.2) is 0 Å². The minimum atomic E-state index is -0.744. The minimum Gasteiger partial charge on any atom is -0.393 e. The summed E-state index contributed by atoms with van der Waals surface area (Å²) < 4.78 is 0. The predicted molar refractivity (Wildman–Crippen MR) is 39.7 cm³/mol. The largest absolute Gasteiger partial charge is 0.393 e. The molecule has 0 amide bonds. The van der Waals surface area contributed by atoms with Crippen molar-refractivity contribution in [1.29, 1.82) is 0 Å². The summed E-state index contributed by atoms with van der Waals surface area (Å²) in [5.74, 6) is 0.729. The smallest absolute Gasteiger partial charge is 0.0877 e. The van der Waals surface area contributed by atoms with Gasteiger partial charge in [0.25, 0.3) is 0 Å². The molecule has 0 aromatic rings. The second-order valence-corrected chi connectivity index (χ2v) is 3.56. The van der Waals surface area contributed by atoms with E-state index in [-0.39, 0.29) is 6.61 Å². The van der Waals surface area contributed by atoms with Gasteiger partial charge in [-0.3, -0.25) is 0 Å². The van der Waals surface area contributed by atoms with E-state index in [4.69, 9.17) is 5.11 Å². The molecule has 2 nitrogen and oxygen atoms in total. The highest BCUT2D eigenvalue weighted by molar-refractivity contribution is 4.83. The lowest BCUT2D eigenvalue weighted by atomic mass is 9.80. The first-order valence-electron chi connectivity index (χ1n) is 3.99. The molecular weight excluding hydrogens is 128 g/mol. The summed E-state index contributed by atoms with van der Waals surface area (Å²) in [4.78, 5) is 0. The van der Waals surface area contributed by atoms with Crippen molar-refractivity contribution in [2.75, 3.05) is 6.61 Å². The standard InChI is InChI=1S/C8H16O2/c1-7-2-4-8(10,6-9)5-3-7/h7,9-10H,2-6H2,1H3. The Morgan fingerprint density at radius 2 is 1.90 bits per heavy atom. The minimum absolute atomic E-state index is 0.0697. The molecule has 1 aliphatic rings. The first kappa shape index (κ1) is 8.02. The zero-order valence-corrected chi connectivity index (χ0v) is 6.51. The van der Waals surface area contributed by atoms with E-state index in [1.807, 2.05) is 0 Å². The van der Waals surface area contributed by atoms with E-state index >= 15 is 0 Å². The maximum atomic E-state index is 9.55. The first-order chi connectivity index (χ1) is 4.66. The second-order valence-electron chi connectivity index (χ2n) is 3.56. The molecule has 60 valence electrons. The lowest BCUT2D eigenvalue weighted by molar-refractivity contribution is -0.0501. The molecule has 0 aliphatic heterocycles. The predicted octanol–water partition coefficient (Wildman–Crippen LogP) is 0.920. The van der Waals surface area contributed by atoms with E-state index in [0.717, 1.165) is 31.6 Å². The van der Waals surface area contributed by atoms with E-state index in [9.17, 15) is 5.11 Å². The Labute approximate surface area is 61.9 Å². The molecule has 1 saturated carbocycles. The van der Waals surface area contributed by atoms with Gasteiger partial charge >= 0.3 is 0 Å². The Morgan fingerprint density at radius 1 is 1.40 bits per heavy atom. The molecular formula is C8H16O2. The van der Waals surface area contributed by atoms with Crippen molar-refractivity contribution >= 4 is 0 Å². The van der Waals surface area contributed by atoms with Crippen LogP contribution in [0.25, 0.3) is 0 Å². The summed E-state index contributed by atoms with van der Waals surface area (Å²) in [5, 5.41) is 18.3. The molecule has 2 heteroatoms. The monoisotopic (exact) mass is 144 g/mol. The van der Waals surface area contributed by atoms with Crippen LogP contribution >= 0.6 is 0 Å². The highest BCUT2D eigenvalue weighted by Gasteiger charge is 2.30. The molecule has 10 heavy (non-hydrogen) atoms. The molecule has 0 atom stereocenters. The third-order valence-corrected chi connectivity index (χ3v) is 2.50. The third-order valence-electron chi connectivity index (χ3n) is 2.50. The molecule has 0 radical (unpaired) electrons. The number of aliphatic hydroxyl groups excluding tert-OH is 1. The zero-order valence-electron chi connectivity index (χ0n) is 6.51. The molecule has 1 aliphatic carbocycles. The van der Waals surface area contributed by atoms with Crippen LogP contribution < -0.4 is 0 Å². The van der Waals surface area contributed by atoms with Gasteiger partial charge in [-0.15, -0.1) is 0 Å². The highest BCUT2D eigenvalue weighted by atomic mass is 16.3. The second kappa shape index (κ2) is 2.89. The fourth-order valence-electron chi connectivity index (χ4n) is 1.46. The zero-order chi connectivity index (χ0) is 7.61. The summed E-state index contributed by atoms with van der Waals surface area (Å²) in [6.45, 7) is 2.12. The molecule has 0 aromatic carbocycles. The fourth-order valence-corrected chi connectivity index (χ4v) is 1.46. The van der Waals surface area contributed by atoms with Crippen molar-refractivity contribution in [3.05, 3.63) is 0 Å². The summed E-state index contributed by atoms with van der Waals surface area (Å²) in [6, 6.07) is 0. The number of rotatable bonds is 1. The van der Waals surface area contributed by atoms with Gasteiger partial charge in [-0.05, 0) is 31.6 Å². The SMILES string of the molecule is CC1CCC(O)(CO)CC1. The van der Waals surface area contributed by atoms with Crippen molar-refractivity contribution in [3.8, 4) is 0 Å². The van der Waals surface area contributed by atoms with Gasteiger partial charge in [0.2, 0.25) is 0 Å². The van der Waals surface area contributed by atoms with E-state index in [1.165, 1.54) is 0 Å². The first-order valence-corrected chi connectivity index (χ1v) is 3.99. The Kier molecular flexibility index (Phi) is 2.32. The highest BCUT2D eigenvalue weighted by Crippen LogP contribution is 2.30. The van der Waals surface area contributed by atoms with E-state index in [2.05, 4.69) is 6.92 Å². The molecule has 0 saturated heterocycles. The van der Waals surface area contributed by atoms with Crippen molar-refractivity contribution in [2.24, 2.45) is 5.92 Å². The maximum absolute atomic E-state index is 9.55. The van der Waals surface area contributed by atoms with Crippen molar-refractivity contribution in [2.45, 2.75) is 38.2 Å². The molecule has 0 unspecified atom stereocenters. The summed E-state index contributed by atoms with van der Waals surface area (Å²) >= 11 is 0. The van der Waals surface area contributed by atoms with Crippen LogP contribution in [0, 0.1) is 5.92 Å². The average molecular weight is 144 g/mol. The van der Waals surface area contributed by atoms with Gasteiger partial charge in [-0.1, -0.05) is 6.92 Å². The normalized spacial score (nSPS) is 41.7. The van der Waals surface area contributed by atoms with Gasteiger partial charge in [0.05, 0.1) is 12.2 Å². The topological polar surface area (TPSA) is 40.5 Å². The van der Waals surface area contributed by atoms with Crippen LogP contribution in [0.3, 0.4) is 0 Å². The Hall–Kier alpha value is -0.0800. The quantitative estimate of drug-likeness (QED) is 0.574. The summed E-state index contributed by atoms with van der Waals surface area (Å²) in [7, 11) is 0. The summed E-state index contributed by atoms with van der Waals surface area (Å²) in [5.41, 5.74) is -0.744. The van der Waals surface area contributed by atoms with Crippen LogP contribution in [0.2, 0.25) is 0 Å². The number of hydrogen-bond acceptors (Lipinski definition) is 2. The van der Waals surface area contributed by atoms with Crippen molar-refractivity contribution in [1.82, 2.24) is 0 Å². The van der Waals surface area contributed by atoms with Crippen LogP contribution in [0.5, 0.6) is 0 Å². The van der Waals surface area contributed by atoms with Crippen LogP contribution in [-0.2, 0) is 0 Å². The van der Waals surface area contributed by atoms with Gasteiger partial charge in [-0.25, -0.2) is 0 Å². The van der Waals surface area contributed by atoms with Crippen molar-refractivity contribution < 1.29 is 10.2 Å². The molecule has 0 bridgehead atoms. The van der Waals surface area contributed by atoms with Crippen LogP contribution in [0.1, 0.15) is 32.6 Å². The average Bonchev–Trinajstić information content (AvgIpc) is 1.96. The van der Waals surface area contributed by atoms with Crippen LogP contribution in [0.4, 0.5) is 0 Å². The van der Waals surface area contributed by atoms with E-state index in [1.54, 1.807) is 0 Å². The Balaban J connectivity index is 2.38. The van der Waals surface area contributed by atoms with E-state index < -0.39 is 5.60 Å². The maximum Gasteiger partial charge on any atom is 0.0877 e. The Morgan fingerprint density at radius 3 is 2.30 bits per heavy atom. The van der Waals surface area contributed by atoms with Crippen molar-refractivity contribution in [3.63, 3.8) is 0 Å². The lowest BCUT2D eigenvalue weighted by Gasteiger charge is -2.32. The van der Waals surface area contributed by atoms with Gasteiger partial charge in [0.1, 0.15) is 0 Å². The van der Waals surface area contributed by atoms with E-state index in [0.29, 0.717) is 0 Å².